The number of hydrogen-bond donors (Lipinski definition) is 0. The van der Waals surface area contributed by atoms with Gasteiger partial charge in [-0.15, -0.1) is 0 Å². The smallest absolute Gasteiger partial charge is 0.192 e. The summed E-state index contributed by atoms with van der Waals surface area (Å²) in [5, 5.41) is 0. The van der Waals surface area contributed by atoms with Crippen molar-refractivity contribution in [3.63, 3.8) is 0 Å². The molecule has 1 saturated heterocycles. The zero-order valence-corrected chi connectivity index (χ0v) is 15.0. The van der Waals surface area contributed by atoms with Gasteiger partial charge in [0.1, 0.15) is 5.78 Å². The van der Waals surface area contributed by atoms with E-state index in [1.54, 1.807) is 6.92 Å². The van der Waals surface area contributed by atoms with E-state index in [0.717, 1.165) is 44.0 Å². The van der Waals surface area contributed by atoms with Gasteiger partial charge < -0.3 is 14.0 Å². The first-order chi connectivity index (χ1) is 9.41. The Kier molecular flexibility index (Phi) is 6.89. The average Bonchev–Trinajstić information content (AvgIpc) is 2.44. The Balaban J connectivity index is 2.81. The van der Waals surface area contributed by atoms with Crippen LogP contribution in [0.3, 0.4) is 0 Å². The van der Waals surface area contributed by atoms with Gasteiger partial charge in [-0.3, -0.25) is 0 Å². The summed E-state index contributed by atoms with van der Waals surface area (Å²) < 4.78 is 12.7. The maximum Gasteiger partial charge on any atom is 0.192 e. The van der Waals surface area contributed by atoms with Gasteiger partial charge in [-0.25, -0.2) is 0 Å². The number of hydrogen-bond acceptors (Lipinski definition) is 3. The van der Waals surface area contributed by atoms with Crippen LogP contribution in [0.1, 0.15) is 60.3 Å². The lowest BCUT2D eigenvalue weighted by atomic mass is 9.88. The van der Waals surface area contributed by atoms with Crippen LogP contribution in [0, 0.1) is 0 Å². The first-order valence-electron chi connectivity index (χ1n) is 8.22. The van der Waals surface area contributed by atoms with Gasteiger partial charge in [-0.05, 0) is 51.2 Å². The number of carbonyl (C=O) groups is 1. The zero-order valence-electron chi connectivity index (χ0n) is 14.0. The maximum atomic E-state index is 11.3. The monoisotopic (exact) mass is 300 g/mol. The van der Waals surface area contributed by atoms with E-state index in [1.807, 2.05) is 0 Å². The molecule has 0 radical (unpaired) electrons. The highest BCUT2D eigenvalue weighted by Gasteiger charge is 2.44. The first-order valence-corrected chi connectivity index (χ1v) is 10.8. The van der Waals surface area contributed by atoms with Crippen molar-refractivity contribution in [3.8, 4) is 0 Å². The van der Waals surface area contributed by atoms with Gasteiger partial charge in [0, 0.05) is 13.0 Å². The van der Waals surface area contributed by atoms with Gasteiger partial charge in [0.15, 0.2) is 8.32 Å². The van der Waals surface area contributed by atoms with Crippen LogP contribution in [0.15, 0.2) is 0 Å². The number of ether oxygens (including phenoxy) is 1. The van der Waals surface area contributed by atoms with E-state index in [-0.39, 0.29) is 17.5 Å². The number of Topliss-reactive ketones (excluding diaryl/α,β-unsaturated/α-hetero) is 1. The molecule has 0 unspecified atom stereocenters. The molecular formula is C16H32O3Si. The summed E-state index contributed by atoms with van der Waals surface area (Å²) >= 11 is 0. The van der Waals surface area contributed by atoms with Gasteiger partial charge in [0.05, 0.1) is 11.7 Å². The van der Waals surface area contributed by atoms with Crippen molar-refractivity contribution in [2.75, 3.05) is 6.61 Å². The molecule has 0 saturated carbocycles. The lowest BCUT2D eigenvalue weighted by Gasteiger charge is -2.47. The van der Waals surface area contributed by atoms with Crippen LogP contribution in [-0.4, -0.2) is 32.4 Å². The summed E-state index contributed by atoms with van der Waals surface area (Å²) in [4.78, 5) is 11.3. The largest absolute Gasteiger partial charge is 0.409 e. The molecule has 0 aromatic heterocycles. The Hall–Kier alpha value is -0.193. The summed E-state index contributed by atoms with van der Waals surface area (Å²) in [6, 6.07) is 3.49. The molecule has 0 spiro atoms. The highest BCUT2D eigenvalue weighted by Crippen LogP contribution is 2.37. The molecule has 1 aliphatic heterocycles. The summed E-state index contributed by atoms with van der Waals surface area (Å²) in [5.74, 6) is 0.242. The highest BCUT2D eigenvalue weighted by molar-refractivity contribution is 6.73. The molecule has 0 aromatic carbocycles. The van der Waals surface area contributed by atoms with E-state index in [9.17, 15) is 4.79 Å². The van der Waals surface area contributed by atoms with Crippen LogP contribution in [-0.2, 0) is 14.0 Å². The minimum Gasteiger partial charge on any atom is -0.409 e. The SMILES string of the molecule is CC[Si](CC)(CC)O[C@]1(C)CCCO[C@@H]1CCC(C)=O. The van der Waals surface area contributed by atoms with Crippen LogP contribution in [0.5, 0.6) is 0 Å². The molecule has 3 nitrogen and oxygen atoms in total. The molecule has 20 heavy (non-hydrogen) atoms. The van der Waals surface area contributed by atoms with E-state index < -0.39 is 8.32 Å². The Morgan fingerprint density at radius 2 is 1.90 bits per heavy atom. The highest BCUT2D eigenvalue weighted by atomic mass is 28.4. The molecule has 0 aromatic rings. The van der Waals surface area contributed by atoms with E-state index in [4.69, 9.17) is 9.16 Å². The van der Waals surface area contributed by atoms with Crippen LogP contribution < -0.4 is 0 Å². The van der Waals surface area contributed by atoms with Gasteiger partial charge in [-0.2, -0.15) is 0 Å². The van der Waals surface area contributed by atoms with Crippen LogP contribution >= 0.6 is 0 Å². The first kappa shape index (κ1) is 17.9. The molecule has 1 fully saturated rings. The fourth-order valence-electron chi connectivity index (χ4n) is 3.29. The third kappa shape index (κ3) is 4.40. The predicted octanol–water partition coefficient (Wildman–Crippen LogP) is 4.32. The standard InChI is InChI=1S/C16H32O3Si/c1-6-20(7-2,8-3)19-16(5)12-9-13-18-15(16)11-10-14(4)17/h15H,6-13H2,1-5H3/t15-,16-/m1/s1. The van der Waals surface area contributed by atoms with Crippen LogP contribution in [0.25, 0.3) is 0 Å². The molecule has 2 atom stereocenters. The van der Waals surface area contributed by atoms with E-state index in [1.165, 1.54) is 0 Å². The van der Waals surface area contributed by atoms with Gasteiger partial charge in [-0.1, -0.05) is 20.8 Å². The third-order valence-corrected chi connectivity index (χ3v) is 9.72. The second-order valence-corrected chi connectivity index (χ2v) is 11.1. The Labute approximate surface area is 125 Å². The molecule has 1 rings (SSSR count). The molecule has 118 valence electrons. The minimum absolute atomic E-state index is 0.0803. The molecule has 1 aliphatic rings. The van der Waals surface area contributed by atoms with Crippen LogP contribution in [0.4, 0.5) is 0 Å². The van der Waals surface area contributed by atoms with Crippen molar-refractivity contribution in [1.82, 2.24) is 0 Å². The van der Waals surface area contributed by atoms with E-state index in [0.29, 0.717) is 6.42 Å². The predicted molar refractivity (Wildman–Crippen MR) is 85.6 cm³/mol. The third-order valence-electron chi connectivity index (χ3n) is 4.96. The number of carbonyl (C=O) groups excluding carboxylic acids is 1. The molecular weight excluding hydrogens is 268 g/mol. The Bertz CT molecular complexity index is 307. The van der Waals surface area contributed by atoms with Crippen LogP contribution in [0.2, 0.25) is 18.1 Å². The number of ketones is 1. The maximum absolute atomic E-state index is 11.3. The quantitative estimate of drug-likeness (QED) is 0.626. The van der Waals surface area contributed by atoms with Crippen molar-refractivity contribution in [2.24, 2.45) is 0 Å². The molecule has 0 N–H and O–H groups in total. The minimum atomic E-state index is -1.64. The fraction of sp³-hybridized carbons (Fsp3) is 0.938. The Morgan fingerprint density at radius 3 is 2.40 bits per heavy atom. The van der Waals surface area contributed by atoms with Gasteiger partial charge in [0.25, 0.3) is 0 Å². The summed E-state index contributed by atoms with van der Waals surface area (Å²) in [7, 11) is -1.64. The lowest BCUT2D eigenvalue weighted by Crippen LogP contribution is -2.54. The normalized spacial score (nSPS) is 27.6. The van der Waals surface area contributed by atoms with Crippen molar-refractivity contribution >= 4 is 14.1 Å². The fourth-order valence-corrected chi connectivity index (χ4v) is 6.44. The molecule has 1 heterocycles. The Morgan fingerprint density at radius 1 is 1.30 bits per heavy atom. The van der Waals surface area contributed by atoms with Crippen molar-refractivity contribution < 1.29 is 14.0 Å². The molecule has 0 aliphatic carbocycles. The molecule has 0 bridgehead atoms. The van der Waals surface area contributed by atoms with Gasteiger partial charge >= 0.3 is 0 Å². The van der Waals surface area contributed by atoms with Crippen molar-refractivity contribution in [1.29, 1.82) is 0 Å². The summed E-state index contributed by atoms with van der Waals surface area (Å²) in [6.45, 7) is 11.5. The lowest BCUT2D eigenvalue weighted by molar-refractivity contribution is -0.133. The average molecular weight is 301 g/mol. The van der Waals surface area contributed by atoms with Crippen molar-refractivity contribution in [3.05, 3.63) is 0 Å². The van der Waals surface area contributed by atoms with Crippen molar-refractivity contribution in [2.45, 2.75) is 90.1 Å². The molecule has 4 heteroatoms. The van der Waals surface area contributed by atoms with Gasteiger partial charge in [0.2, 0.25) is 0 Å². The number of rotatable bonds is 8. The topological polar surface area (TPSA) is 35.5 Å². The van der Waals surface area contributed by atoms with E-state index in [2.05, 4.69) is 27.7 Å². The van der Waals surface area contributed by atoms with E-state index >= 15 is 0 Å². The summed E-state index contributed by atoms with van der Waals surface area (Å²) in [5.41, 5.74) is -0.193. The summed E-state index contributed by atoms with van der Waals surface area (Å²) in [6.07, 6.45) is 3.60. The second-order valence-electron chi connectivity index (χ2n) is 6.36. The second kappa shape index (κ2) is 7.71. The zero-order chi connectivity index (χ0) is 15.2. The molecule has 0 amide bonds.